The number of nitrogens with zero attached hydrogens (tertiary/aromatic N) is 2. The third-order valence-electron chi connectivity index (χ3n) is 5.10. The third-order valence-corrected chi connectivity index (χ3v) is 5.84. The summed E-state index contributed by atoms with van der Waals surface area (Å²) in [6, 6.07) is 4.56. The van der Waals surface area contributed by atoms with Crippen LogP contribution in [0.4, 0.5) is 5.69 Å². The van der Waals surface area contributed by atoms with E-state index in [4.69, 9.17) is 0 Å². The number of non-ortho nitro benzene ring substituents is 1. The molecular weight excluding hydrogens is 362 g/mol. The lowest BCUT2D eigenvalue weighted by atomic mass is 9.78. The quantitative estimate of drug-likeness (QED) is 0.644. The second-order valence-electron chi connectivity index (χ2n) is 6.52. The van der Waals surface area contributed by atoms with E-state index in [0.717, 1.165) is 44.6 Å². The van der Waals surface area contributed by atoms with Crippen molar-refractivity contribution in [1.29, 1.82) is 0 Å². The first-order valence-corrected chi connectivity index (χ1v) is 8.70. The molecule has 1 aromatic carbocycles. The van der Waals surface area contributed by atoms with E-state index in [-0.39, 0.29) is 18.0 Å². The number of carbonyl (C=O) groups excluding carboxylic acids is 1. The molecule has 1 N–H and O–H groups in total. The monoisotopic (exact) mass is 381 g/mol. The lowest BCUT2D eigenvalue weighted by Crippen LogP contribution is -2.44. The number of amides is 1. The van der Waals surface area contributed by atoms with Crippen molar-refractivity contribution in [3.05, 3.63) is 38.3 Å². The molecule has 2 heterocycles. The van der Waals surface area contributed by atoms with Gasteiger partial charge in [0.1, 0.15) is 0 Å². The summed E-state index contributed by atoms with van der Waals surface area (Å²) in [6.07, 6.45) is 3.62. The molecular formula is C16H20BrN3O3. The van der Waals surface area contributed by atoms with E-state index in [1.807, 2.05) is 4.90 Å². The second kappa shape index (κ2) is 6.57. The molecule has 124 valence electrons. The van der Waals surface area contributed by atoms with Gasteiger partial charge in [0.25, 0.3) is 5.69 Å². The van der Waals surface area contributed by atoms with E-state index in [0.29, 0.717) is 9.89 Å². The van der Waals surface area contributed by atoms with Gasteiger partial charge in [-0.3, -0.25) is 14.9 Å². The van der Waals surface area contributed by atoms with Crippen molar-refractivity contribution >= 4 is 27.5 Å². The standard InChI is InChI=1S/C16H20BrN3O3/c17-14-10-13(20(22)23)2-1-12(14)9-15(21)19-7-4-16(5-8-19)3-6-18-11-16/h1-2,10,18H,3-9,11H2. The summed E-state index contributed by atoms with van der Waals surface area (Å²) < 4.78 is 0.619. The van der Waals surface area contributed by atoms with Gasteiger partial charge in [-0.15, -0.1) is 0 Å². The van der Waals surface area contributed by atoms with Crippen LogP contribution in [0.5, 0.6) is 0 Å². The maximum atomic E-state index is 12.5. The third kappa shape index (κ3) is 3.55. The fourth-order valence-corrected chi connectivity index (χ4v) is 4.03. The van der Waals surface area contributed by atoms with Crippen LogP contribution >= 0.6 is 15.9 Å². The molecule has 2 aliphatic rings. The largest absolute Gasteiger partial charge is 0.342 e. The van der Waals surface area contributed by atoms with Crippen LogP contribution in [0, 0.1) is 15.5 Å². The molecule has 6 nitrogen and oxygen atoms in total. The van der Waals surface area contributed by atoms with Gasteiger partial charge < -0.3 is 10.2 Å². The van der Waals surface area contributed by atoms with Gasteiger partial charge >= 0.3 is 0 Å². The number of hydrogen-bond acceptors (Lipinski definition) is 4. The highest BCUT2D eigenvalue weighted by molar-refractivity contribution is 9.10. The number of likely N-dealkylation sites (tertiary alicyclic amines) is 1. The van der Waals surface area contributed by atoms with Crippen LogP contribution in [-0.2, 0) is 11.2 Å². The van der Waals surface area contributed by atoms with Gasteiger partial charge in [-0.1, -0.05) is 22.0 Å². The van der Waals surface area contributed by atoms with Gasteiger partial charge in [0.2, 0.25) is 5.91 Å². The molecule has 0 aliphatic carbocycles. The molecule has 2 aliphatic heterocycles. The first kappa shape index (κ1) is 16.4. The zero-order valence-corrected chi connectivity index (χ0v) is 14.5. The Labute approximate surface area is 143 Å². The number of benzene rings is 1. The van der Waals surface area contributed by atoms with E-state index < -0.39 is 4.92 Å². The summed E-state index contributed by atoms with van der Waals surface area (Å²) in [6.45, 7) is 3.78. The van der Waals surface area contributed by atoms with Crippen LogP contribution in [0.3, 0.4) is 0 Å². The Morgan fingerprint density at radius 2 is 2.09 bits per heavy atom. The summed E-state index contributed by atoms with van der Waals surface area (Å²) in [4.78, 5) is 24.8. The Morgan fingerprint density at radius 3 is 2.65 bits per heavy atom. The van der Waals surface area contributed by atoms with Crippen LogP contribution in [-0.4, -0.2) is 41.9 Å². The van der Waals surface area contributed by atoms with Gasteiger partial charge in [-0.05, 0) is 36.8 Å². The van der Waals surface area contributed by atoms with Crippen LogP contribution in [0.15, 0.2) is 22.7 Å². The molecule has 0 aromatic heterocycles. The van der Waals surface area contributed by atoms with Gasteiger partial charge in [0, 0.05) is 36.2 Å². The fraction of sp³-hybridized carbons (Fsp3) is 0.562. The number of hydrogen-bond donors (Lipinski definition) is 1. The predicted molar refractivity (Wildman–Crippen MR) is 90.2 cm³/mol. The minimum Gasteiger partial charge on any atom is -0.342 e. The highest BCUT2D eigenvalue weighted by atomic mass is 79.9. The molecule has 0 unspecified atom stereocenters. The number of nitrogens with one attached hydrogen (secondary N) is 1. The molecule has 7 heteroatoms. The molecule has 23 heavy (non-hydrogen) atoms. The SMILES string of the molecule is O=C(Cc1ccc([N+](=O)[O-])cc1Br)N1CCC2(CCNC2)CC1. The summed E-state index contributed by atoms with van der Waals surface area (Å²) >= 11 is 3.33. The lowest BCUT2D eigenvalue weighted by molar-refractivity contribution is -0.384. The molecule has 2 saturated heterocycles. The summed E-state index contributed by atoms with van der Waals surface area (Å²) in [5.41, 5.74) is 1.22. The predicted octanol–water partition coefficient (Wildman–Crippen LogP) is 2.50. The Kier molecular flexibility index (Phi) is 4.68. The highest BCUT2D eigenvalue weighted by Crippen LogP contribution is 2.37. The number of nitro benzene ring substituents is 1. The van der Waals surface area contributed by atoms with E-state index in [1.165, 1.54) is 18.6 Å². The molecule has 0 bridgehead atoms. The first-order valence-electron chi connectivity index (χ1n) is 7.90. The molecule has 0 atom stereocenters. The average molecular weight is 382 g/mol. The Hall–Kier alpha value is -1.47. The van der Waals surface area contributed by atoms with E-state index in [9.17, 15) is 14.9 Å². The molecule has 0 saturated carbocycles. The van der Waals surface area contributed by atoms with Crippen LogP contribution in [0.1, 0.15) is 24.8 Å². The van der Waals surface area contributed by atoms with Gasteiger partial charge in [-0.2, -0.15) is 0 Å². The topological polar surface area (TPSA) is 75.5 Å². The molecule has 1 spiro atoms. The number of halogens is 1. The smallest absolute Gasteiger partial charge is 0.270 e. The highest BCUT2D eigenvalue weighted by Gasteiger charge is 2.37. The number of rotatable bonds is 3. The minimum absolute atomic E-state index is 0.0294. The first-order chi connectivity index (χ1) is 11.0. The summed E-state index contributed by atoms with van der Waals surface area (Å²) in [7, 11) is 0. The van der Waals surface area contributed by atoms with E-state index in [2.05, 4.69) is 21.2 Å². The maximum Gasteiger partial charge on any atom is 0.270 e. The van der Waals surface area contributed by atoms with Crippen molar-refractivity contribution in [2.24, 2.45) is 5.41 Å². The van der Waals surface area contributed by atoms with Crippen LogP contribution in [0.25, 0.3) is 0 Å². The zero-order chi connectivity index (χ0) is 16.4. The number of piperidine rings is 1. The van der Waals surface area contributed by atoms with Gasteiger partial charge in [-0.25, -0.2) is 0 Å². The molecule has 2 fully saturated rings. The van der Waals surface area contributed by atoms with Crippen molar-refractivity contribution < 1.29 is 9.72 Å². The van der Waals surface area contributed by atoms with Gasteiger partial charge in [0.05, 0.1) is 11.3 Å². The number of carbonyl (C=O) groups is 1. The Balaban J connectivity index is 1.60. The molecule has 0 radical (unpaired) electrons. The summed E-state index contributed by atoms with van der Waals surface area (Å²) in [5.74, 6) is 0.0976. The van der Waals surface area contributed by atoms with Crippen molar-refractivity contribution in [3.8, 4) is 0 Å². The Morgan fingerprint density at radius 1 is 1.35 bits per heavy atom. The number of nitro groups is 1. The van der Waals surface area contributed by atoms with Gasteiger partial charge in [0.15, 0.2) is 0 Å². The normalized spacial score (nSPS) is 20.0. The minimum atomic E-state index is -0.434. The Bertz CT molecular complexity index is 619. The van der Waals surface area contributed by atoms with Crippen molar-refractivity contribution in [2.45, 2.75) is 25.7 Å². The lowest BCUT2D eigenvalue weighted by Gasteiger charge is -2.39. The van der Waals surface area contributed by atoms with Crippen molar-refractivity contribution in [3.63, 3.8) is 0 Å². The van der Waals surface area contributed by atoms with E-state index >= 15 is 0 Å². The average Bonchev–Trinajstić information content (AvgIpc) is 2.98. The molecule has 1 amide bonds. The van der Waals surface area contributed by atoms with E-state index in [1.54, 1.807) is 6.07 Å². The fourth-order valence-electron chi connectivity index (χ4n) is 3.52. The maximum absolute atomic E-state index is 12.5. The van der Waals surface area contributed by atoms with Crippen LogP contribution in [0.2, 0.25) is 0 Å². The molecule has 1 aromatic rings. The van der Waals surface area contributed by atoms with Crippen molar-refractivity contribution in [1.82, 2.24) is 10.2 Å². The summed E-state index contributed by atoms with van der Waals surface area (Å²) in [5, 5.41) is 14.2. The van der Waals surface area contributed by atoms with Crippen molar-refractivity contribution in [2.75, 3.05) is 26.2 Å². The second-order valence-corrected chi connectivity index (χ2v) is 7.37. The van der Waals surface area contributed by atoms with Crippen LogP contribution < -0.4 is 5.32 Å². The molecule has 3 rings (SSSR count). The zero-order valence-electron chi connectivity index (χ0n) is 12.9.